The fourth-order valence-electron chi connectivity index (χ4n) is 1.04. The first-order chi connectivity index (χ1) is 4.83. The van der Waals surface area contributed by atoms with Crippen LogP contribution in [0, 0.1) is 6.92 Å². The Morgan fingerprint density at radius 2 is 2.20 bits per heavy atom. The van der Waals surface area contributed by atoms with Gasteiger partial charge in [0.15, 0.2) is 0 Å². The molecule has 0 atom stereocenters. The van der Waals surface area contributed by atoms with Gasteiger partial charge in [-0.2, -0.15) is 0 Å². The van der Waals surface area contributed by atoms with Gasteiger partial charge in [-0.1, -0.05) is 37.6 Å². The normalized spacial score (nSPS) is 9.80. The smallest absolute Gasteiger partial charge is 0.00119 e. The molecule has 52 valence electrons. The summed E-state index contributed by atoms with van der Waals surface area (Å²) < 4.78 is 0. The van der Waals surface area contributed by atoms with Gasteiger partial charge in [0.25, 0.3) is 0 Å². The molecule has 0 N–H and O–H groups in total. The van der Waals surface area contributed by atoms with Gasteiger partial charge in [0.05, 0.1) is 0 Å². The molecule has 2 radical (unpaired) electrons. The Balaban J connectivity index is 2.75. The number of aryl methyl sites for hydroxylation is 1. The fourth-order valence-corrected chi connectivity index (χ4v) is 1.04. The summed E-state index contributed by atoms with van der Waals surface area (Å²) in [6.07, 6.45) is 2.31. The third-order valence-electron chi connectivity index (χ3n) is 1.49. The molecule has 0 saturated carbocycles. The van der Waals surface area contributed by atoms with Gasteiger partial charge in [-0.25, -0.2) is 0 Å². The predicted octanol–water partition coefficient (Wildman–Crippen LogP) is 2.70. The molecule has 0 nitrogen and oxygen atoms in total. The fraction of sp³-hybridized carbons (Fsp3) is 0.300. The quantitative estimate of drug-likeness (QED) is 0.580. The van der Waals surface area contributed by atoms with E-state index >= 15 is 0 Å². The van der Waals surface area contributed by atoms with Crippen molar-refractivity contribution in [2.24, 2.45) is 0 Å². The Kier molecular flexibility index (Phi) is 2.49. The molecule has 0 heteroatoms. The third kappa shape index (κ3) is 1.87. The van der Waals surface area contributed by atoms with E-state index in [1.807, 2.05) is 18.2 Å². The van der Waals surface area contributed by atoms with Crippen molar-refractivity contribution in [3.63, 3.8) is 0 Å². The lowest BCUT2D eigenvalue weighted by molar-refractivity contribution is 0.921. The zero-order valence-corrected chi connectivity index (χ0v) is 6.30. The molecule has 0 amide bonds. The monoisotopic (exact) mass is 132 g/mol. The summed E-state index contributed by atoms with van der Waals surface area (Å²) in [5.41, 5.74) is 2.20. The second-order valence-electron chi connectivity index (χ2n) is 2.50. The largest absolute Gasteiger partial charge is 0.0651 e. The minimum absolute atomic E-state index is 0.867. The van der Waals surface area contributed by atoms with Crippen LogP contribution >= 0.6 is 0 Å². The van der Waals surface area contributed by atoms with Gasteiger partial charge in [0.2, 0.25) is 0 Å². The Labute approximate surface area is 62.9 Å². The minimum atomic E-state index is 0.867. The Morgan fingerprint density at radius 3 is 2.80 bits per heavy atom. The highest BCUT2D eigenvalue weighted by Gasteiger charge is 1.89. The third-order valence-corrected chi connectivity index (χ3v) is 1.49. The molecule has 0 aromatic heterocycles. The molecule has 1 aromatic rings. The molecular formula is C10H12. The van der Waals surface area contributed by atoms with E-state index in [4.69, 9.17) is 6.92 Å². The molecular weight excluding hydrogens is 120 g/mol. The number of rotatable bonds is 2. The molecule has 1 aromatic carbocycles. The van der Waals surface area contributed by atoms with Gasteiger partial charge in [-0.05, 0) is 24.5 Å². The van der Waals surface area contributed by atoms with Crippen molar-refractivity contribution in [1.82, 2.24) is 0 Å². The van der Waals surface area contributed by atoms with Crippen molar-refractivity contribution in [2.75, 3.05) is 0 Å². The highest BCUT2D eigenvalue weighted by atomic mass is 13.9. The van der Waals surface area contributed by atoms with Crippen LogP contribution < -0.4 is 0 Å². The maximum atomic E-state index is 5.59. The Bertz CT molecular complexity index is 201. The lowest BCUT2D eigenvalue weighted by atomic mass is 10.1. The number of hydrogen-bond acceptors (Lipinski definition) is 0. The van der Waals surface area contributed by atoms with E-state index in [0.717, 1.165) is 12.0 Å². The van der Waals surface area contributed by atoms with E-state index in [2.05, 4.69) is 13.0 Å². The topological polar surface area (TPSA) is 0 Å². The second kappa shape index (κ2) is 3.40. The molecule has 0 aliphatic rings. The van der Waals surface area contributed by atoms with Crippen molar-refractivity contribution in [3.05, 3.63) is 42.3 Å². The van der Waals surface area contributed by atoms with Gasteiger partial charge < -0.3 is 0 Å². The lowest BCUT2D eigenvalue weighted by Crippen LogP contribution is -1.82. The van der Waals surface area contributed by atoms with Crippen molar-refractivity contribution >= 4 is 0 Å². The lowest BCUT2D eigenvalue weighted by Gasteiger charge is -1.97. The van der Waals surface area contributed by atoms with Gasteiger partial charge in [-0.3, -0.25) is 0 Å². The first-order valence-electron chi connectivity index (χ1n) is 3.67. The highest BCUT2D eigenvalue weighted by molar-refractivity contribution is 5.25. The summed E-state index contributed by atoms with van der Waals surface area (Å²) in [6.45, 7) is 7.76. The molecule has 0 aliphatic carbocycles. The molecule has 0 unspecified atom stereocenters. The van der Waals surface area contributed by atoms with Crippen LogP contribution in [0.4, 0.5) is 0 Å². The summed E-state index contributed by atoms with van der Waals surface area (Å²) in [7, 11) is 0. The van der Waals surface area contributed by atoms with Crippen molar-refractivity contribution in [2.45, 2.75) is 19.8 Å². The zero-order chi connectivity index (χ0) is 7.40. The van der Waals surface area contributed by atoms with Crippen LogP contribution in [0.3, 0.4) is 0 Å². The van der Waals surface area contributed by atoms with Crippen LogP contribution in [0.15, 0.2) is 24.3 Å². The predicted molar refractivity (Wildman–Crippen MR) is 43.8 cm³/mol. The first-order valence-corrected chi connectivity index (χ1v) is 3.67. The molecule has 0 aliphatic heterocycles. The summed E-state index contributed by atoms with van der Waals surface area (Å²) in [5.74, 6) is 0. The van der Waals surface area contributed by atoms with E-state index < -0.39 is 0 Å². The van der Waals surface area contributed by atoms with E-state index in [1.54, 1.807) is 0 Å². The van der Waals surface area contributed by atoms with Crippen LogP contribution in [0.5, 0.6) is 0 Å². The van der Waals surface area contributed by atoms with E-state index in [1.165, 1.54) is 12.0 Å². The van der Waals surface area contributed by atoms with Crippen LogP contribution in [0.1, 0.15) is 24.5 Å². The van der Waals surface area contributed by atoms with Crippen molar-refractivity contribution in [1.29, 1.82) is 0 Å². The maximum Gasteiger partial charge on any atom is -0.00119 e. The average Bonchev–Trinajstić information content (AvgIpc) is 1.88. The van der Waals surface area contributed by atoms with Crippen molar-refractivity contribution in [3.8, 4) is 0 Å². The molecule has 0 fully saturated rings. The first kappa shape index (κ1) is 7.33. The van der Waals surface area contributed by atoms with E-state index in [9.17, 15) is 0 Å². The van der Waals surface area contributed by atoms with Crippen LogP contribution in [-0.4, -0.2) is 0 Å². The SMILES string of the molecule is [CH]c1cccc(CCC)c1. The van der Waals surface area contributed by atoms with Gasteiger partial charge in [0.1, 0.15) is 0 Å². The van der Waals surface area contributed by atoms with E-state index in [-0.39, 0.29) is 0 Å². The molecule has 0 saturated heterocycles. The van der Waals surface area contributed by atoms with Crippen molar-refractivity contribution < 1.29 is 0 Å². The maximum absolute atomic E-state index is 5.59. The number of hydrogen-bond donors (Lipinski definition) is 0. The molecule has 10 heavy (non-hydrogen) atoms. The standard InChI is InChI=1S/C10H12/c1-3-5-10-7-4-6-9(2)8-10/h2,4,6-8H,3,5H2,1H3. The summed E-state index contributed by atoms with van der Waals surface area (Å²) in [4.78, 5) is 0. The van der Waals surface area contributed by atoms with Gasteiger partial charge in [0, 0.05) is 0 Å². The van der Waals surface area contributed by atoms with Crippen LogP contribution in [-0.2, 0) is 6.42 Å². The number of benzene rings is 1. The Hall–Kier alpha value is -0.780. The Morgan fingerprint density at radius 1 is 1.40 bits per heavy atom. The molecule has 0 spiro atoms. The molecule has 1 rings (SSSR count). The summed E-state index contributed by atoms with van der Waals surface area (Å²) in [5, 5.41) is 0. The van der Waals surface area contributed by atoms with Gasteiger partial charge >= 0.3 is 0 Å². The molecule has 0 bridgehead atoms. The van der Waals surface area contributed by atoms with Crippen LogP contribution in [0.25, 0.3) is 0 Å². The van der Waals surface area contributed by atoms with Gasteiger partial charge in [-0.15, -0.1) is 0 Å². The average molecular weight is 132 g/mol. The summed E-state index contributed by atoms with van der Waals surface area (Å²) >= 11 is 0. The molecule has 0 heterocycles. The summed E-state index contributed by atoms with van der Waals surface area (Å²) in [6, 6.07) is 8.06. The van der Waals surface area contributed by atoms with Crippen LogP contribution in [0.2, 0.25) is 0 Å². The highest BCUT2D eigenvalue weighted by Crippen LogP contribution is 2.05. The zero-order valence-electron chi connectivity index (χ0n) is 6.30. The second-order valence-corrected chi connectivity index (χ2v) is 2.50. The van der Waals surface area contributed by atoms with E-state index in [0.29, 0.717) is 0 Å². The minimum Gasteiger partial charge on any atom is -0.0651 e.